The summed E-state index contributed by atoms with van der Waals surface area (Å²) >= 11 is 13.0. The number of hydrogen-bond acceptors (Lipinski definition) is 5. The van der Waals surface area contributed by atoms with Crippen LogP contribution in [0.25, 0.3) is 6.08 Å². The van der Waals surface area contributed by atoms with Crippen LogP contribution in [0.1, 0.15) is 18.4 Å². The van der Waals surface area contributed by atoms with Crippen LogP contribution in [0.5, 0.6) is 5.75 Å². The lowest BCUT2D eigenvalue weighted by atomic mass is 10.2. The molecule has 6 nitrogen and oxygen atoms in total. The minimum Gasteiger partial charge on any atom is -0.494 e. The number of hydrogen-bond donors (Lipinski definition) is 0. The van der Waals surface area contributed by atoms with Gasteiger partial charge in [-0.05, 0) is 48.4 Å². The molecule has 0 saturated carbocycles. The molecular weight excluding hydrogens is 399 g/mol. The van der Waals surface area contributed by atoms with Crippen LogP contribution in [0, 0.1) is 0 Å². The quantitative estimate of drug-likeness (QED) is 0.703. The molecule has 1 aromatic rings. The summed E-state index contributed by atoms with van der Waals surface area (Å²) in [6.07, 6.45) is 3.43. The van der Waals surface area contributed by atoms with Gasteiger partial charge in [-0.25, -0.2) is 0 Å². The first-order chi connectivity index (χ1) is 12.4. The molecule has 1 aromatic carbocycles. The highest BCUT2D eigenvalue weighted by atomic mass is 35.5. The van der Waals surface area contributed by atoms with Crippen molar-refractivity contribution >= 4 is 58.1 Å². The summed E-state index contributed by atoms with van der Waals surface area (Å²) in [5.74, 6) is -0.355. The Hall–Kier alpha value is -1.70. The van der Waals surface area contributed by atoms with Crippen LogP contribution in [0.2, 0.25) is 10.0 Å². The van der Waals surface area contributed by atoms with Crippen molar-refractivity contribution in [3.63, 3.8) is 0 Å². The molecule has 2 aliphatic rings. The van der Waals surface area contributed by atoms with E-state index in [9.17, 15) is 14.4 Å². The Bertz CT molecular complexity index is 783. The van der Waals surface area contributed by atoms with Crippen molar-refractivity contribution in [3.8, 4) is 5.75 Å². The number of carbonyl (C=O) groups is 3. The SMILES string of the molecule is COc1c(Cl)cc(/C=C2\SC(=O)N(CC(=O)N3CCCC3)C2=O)cc1Cl. The predicted octanol–water partition coefficient (Wildman–Crippen LogP) is 3.66. The van der Waals surface area contributed by atoms with Crippen molar-refractivity contribution < 1.29 is 19.1 Å². The number of benzene rings is 1. The molecule has 2 saturated heterocycles. The van der Waals surface area contributed by atoms with E-state index >= 15 is 0 Å². The lowest BCUT2D eigenvalue weighted by Gasteiger charge is -2.18. The van der Waals surface area contributed by atoms with Crippen LogP contribution in [-0.2, 0) is 9.59 Å². The average Bonchev–Trinajstić information content (AvgIpc) is 3.20. The van der Waals surface area contributed by atoms with Crippen molar-refractivity contribution in [2.24, 2.45) is 0 Å². The zero-order valence-corrected chi connectivity index (χ0v) is 16.3. The monoisotopic (exact) mass is 414 g/mol. The summed E-state index contributed by atoms with van der Waals surface area (Å²) < 4.78 is 5.09. The first kappa shape index (κ1) is 19.1. The molecule has 9 heteroatoms. The normalized spacial score (nSPS) is 19.0. The first-order valence-electron chi connectivity index (χ1n) is 7.97. The molecule has 138 valence electrons. The van der Waals surface area contributed by atoms with Gasteiger partial charge in [0.1, 0.15) is 6.54 Å². The summed E-state index contributed by atoms with van der Waals surface area (Å²) in [6, 6.07) is 3.19. The topological polar surface area (TPSA) is 66.9 Å². The van der Waals surface area contributed by atoms with Crippen molar-refractivity contribution in [2.75, 3.05) is 26.7 Å². The molecule has 0 aromatic heterocycles. The second-order valence-electron chi connectivity index (χ2n) is 5.87. The lowest BCUT2D eigenvalue weighted by Crippen LogP contribution is -2.40. The van der Waals surface area contributed by atoms with Crippen LogP contribution in [0.4, 0.5) is 4.79 Å². The van der Waals surface area contributed by atoms with E-state index in [2.05, 4.69) is 0 Å². The number of carbonyl (C=O) groups excluding carboxylic acids is 3. The first-order valence-corrected chi connectivity index (χ1v) is 9.54. The number of nitrogens with zero attached hydrogens (tertiary/aromatic N) is 2. The fraction of sp³-hybridized carbons (Fsp3) is 0.353. The summed E-state index contributed by atoms with van der Waals surface area (Å²) in [7, 11) is 1.45. The summed E-state index contributed by atoms with van der Waals surface area (Å²) in [5, 5.41) is 0.142. The Morgan fingerprint density at radius 3 is 2.42 bits per heavy atom. The zero-order chi connectivity index (χ0) is 18.8. The molecule has 3 rings (SSSR count). The molecule has 0 aliphatic carbocycles. The number of rotatable bonds is 4. The third-order valence-electron chi connectivity index (χ3n) is 4.15. The second kappa shape index (κ2) is 7.90. The number of thioether (sulfide) groups is 1. The molecule has 26 heavy (non-hydrogen) atoms. The van der Waals surface area contributed by atoms with Gasteiger partial charge in [0.05, 0.1) is 22.1 Å². The lowest BCUT2D eigenvalue weighted by molar-refractivity contribution is -0.135. The van der Waals surface area contributed by atoms with Gasteiger partial charge < -0.3 is 9.64 Å². The van der Waals surface area contributed by atoms with Gasteiger partial charge in [0.2, 0.25) is 5.91 Å². The van der Waals surface area contributed by atoms with Crippen LogP contribution >= 0.6 is 35.0 Å². The van der Waals surface area contributed by atoms with E-state index in [0.29, 0.717) is 34.4 Å². The van der Waals surface area contributed by atoms with Crippen LogP contribution in [0.15, 0.2) is 17.0 Å². The third kappa shape index (κ3) is 3.84. The maximum absolute atomic E-state index is 12.5. The molecule has 3 amide bonds. The Balaban J connectivity index is 1.78. The average molecular weight is 415 g/mol. The highest BCUT2D eigenvalue weighted by Crippen LogP contribution is 2.37. The zero-order valence-electron chi connectivity index (χ0n) is 14.0. The van der Waals surface area contributed by atoms with Gasteiger partial charge in [0, 0.05) is 13.1 Å². The van der Waals surface area contributed by atoms with Gasteiger partial charge in [0.15, 0.2) is 5.75 Å². The van der Waals surface area contributed by atoms with E-state index in [1.165, 1.54) is 13.2 Å². The van der Waals surface area contributed by atoms with Gasteiger partial charge in [-0.2, -0.15) is 0 Å². The Morgan fingerprint density at radius 2 is 1.85 bits per heavy atom. The minimum absolute atomic E-state index is 0.207. The highest BCUT2D eigenvalue weighted by molar-refractivity contribution is 8.18. The summed E-state index contributed by atoms with van der Waals surface area (Å²) in [5.41, 5.74) is 0.567. The van der Waals surface area contributed by atoms with Gasteiger partial charge >= 0.3 is 0 Å². The summed E-state index contributed by atoms with van der Waals surface area (Å²) in [4.78, 5) is 39.8. The molecule has 0 N–H and O–H groups in total. The smallest absolute Gasteiger partial charge is 0.294 e. The molecule has 0 unspecified atom stereocenters. The van der Waals surface area contributed by atoms with Crippen LogP contribution < -0.4 is 4.74 Å². The van der Waals surface area contributed by atoms with E-state index in [-0.39, 0.29) is 17.4 Å². The van der Waals surface area contributed by atoms with E-state index in [1.54, 1.807) is 17.0 Å². The predicted molar refractivity (Wildman–Crippen MR) is 102 cm³/mol. The van der Waals surface area contributed by atoms with E-state index < -0.39 is 11.1 Å². The van der Waals surface area contributed by atoms with Crippen molar-refractivity contribution in [2.45, 2.75) is 12.8 Å². The highest BCUT2D eigenvalue weighted by Gasteiger charge is 2.37. The Kier molecular flexibility index (Phi) is 5.79. The molecule has 0 spiro atoms. The maximum atomic E-state index is 12.5. The van der Waals surface area contributed by atoms with Gasteiger partial charge in [-0.3, -0.25) is 19.3 Å². The van der Waals surface area contributed by atoms with E-state index in [0.717, 1.165) is 29.5 Å². The third-order valence-corrected chi connectivity index (χ3v) is 5.62. The fourth-order valence-corrected chi connectivity index (χ4v) is 4.34. The van der Waals surface area contributed by atoms with Crippen molar-refractivity contribution in [1.82, 2.24) is 9.80 Å². The largest absolute Gasteiger partial charge is 0.494 e. The van der Waals surface area contributed by atoms with Crippen molar-refractivity contribution in [3.05, 3.63) is 32.6 Å². The van der Waals surface area contributed by atoms with E-state index in [1.807, 2.05) is 0 Å². The Morgan fingerprint density at radius 1 is 1.23 bits per heavy atom. The van der Waals surface area contributed by atoms with Crippen molar-refractivity contribution in [1.29, 1.82) is 0 Å². The van der Waals surface area contributed by atoms with Gasteiger partial charge in [-0.15, -0.1) is 0 Å². The number of halogens is 2. The second-order valence-corrected chi connectivity index (χ2v) is 7.68. The number of methoxy groups -OCH3 is 1. The van der Waals surface area contributed by atoms with Crippen LogP contribution in [-0.4, -0.2) is 53.6 Å². The van der Waals surface area contributed by atoms with Gasteiger partial charge in [-0.1, -0.05) is 23.2 Å². The number of ether oxygens (including phenoxy) is 1. The fourth-order valence-electron chi connectivity index (χ4n) is 2.85. The molecule has 2 fully saturated rings. The van der Waals surface area contributed by atoms with E-state index in [4.69, 9.17) is 27.9 Å². The standard InChI is InChI=1S/C17H16Cl2N2O4S/c1-25-15-11(18)6-10(7-12(15)19)8-13-16(23)21(17(24)26-13)9-14(22)20-4-2-3-5-20/h6-8H,2-5,9H2,1H3/b13-8-. The molecule has 0 radical (unpaired) electrons. The minimum atomic E-state index is -0.490. The number of amides is 3. The number of imide groups is 1. The van der Waals surface area contributed by atoms with Crippen LogP contribution in [0.3, 0.4) is 0 Å². The molecular formula is C17H16Cl2N2O4S. The molecule has 2 aliphatic heterocycles. The summed E-state index contributed by atoms with van der Waals surface area (Å²) in [6.45, 7) is 1.12. The number of likely N-dealkylation sites (tertiary alicyclic amines) is 1. The Labute approximate surface area is 165 Å². The molecule has 0 atom stereocenters. The molecule has 2 heterocycles. The maximum Gasteiger partial charge on any atom is 0.294 e. The van der Waals surface area contributed by atoms with Gasteiger partial charge in [0.25, 0.3) is 11.1 Å². The molecule has 0 bridgehead atoms.